The normalized spacial score (nSPS) is 30.0. The van der Waals surface area contributed by atoms with Crippen LogP contribution >= 0.6 is 0 Å². The van der Waals surface area contributed by atoms with Crippen molar-refractivity contribution in [3.8, 4) is 0 Å². The van der Waals surface area contributed by atoms with E-state index in [-0.39, 0.29) is 11.3 Å². The molecule has 5 heteroatoms. The SMILES string of the molecule is NCC1(C(=O)N2CCC(CN3CCCC3)C2)CCOCC1. The number of hydrogen-bond donors (Lipinski definition) is 1. The highest BCUT2D eigenvalue weighted by Crippen LogP contribution is 2.33. The minimum atomic E-state index is -0.346. The van der Waals surface area contributed by atoms with Crippen LogP contribution in [-0.2, 0) is 9.53 Å². The molecule has 3 saturated heterocycles. The standard InChI is InChI=1S/C16H29N3O2/c17-13-16(4-9-21-10-5-16)15(20)19-8-3-14(12-19)11-18-6-1-2-7-18/h14H,1-13,17H2. The smallest absolute Gasteiger partial charge is 0.230 e. The van der Waals surface area contributed by atoms with Crippen molar-refractivity contribution in [2.24, 2.45) is 17.1 Å². The van der Waals surface area contributed by atoms with Crippen molar-refractivity contribution in [3.63, 3.8) is 0 Å². The summed E-state index contributed by atoms with van der Waals surface area (Å²) in [4.78, 5) is 17.6. The zero-order chi connectivity index (χ0) is 14.7. The predicted octanol–water partition coefficient (Wildman–Crippen LogP) is 0.686. The van der Waals surface area contributed by atoms with E-state index >= 15 is 0 Å². The molecule has 3 heterocycles. The number of hydrogen-bond acceptors (Lipinski definition) is 4. The van der Waals surface area contributed by atoms with Crippen molar-refractivity contribution in [1.82, 2.24) is 9.80 Å². The van der Waals surface area contributed by atoms with Crippen LogP contribution < -0.4 is 5.73 Å². The van der Waals surface area contributed by atoms with Gasteiger partial charge in [-0.3, -0.25) is 4.79 Å². The van der Waals surface area contributed by atoms with E-state index in [4.69, 9.17) is 10.5 Å². The van der Waals surface area contributed by atoms with Crippen LogP contribution in [0.2, 0.25) is 0 Å². The van der Waals surface area contributed by atoms with Crippen molar-refractivity contribution in [2.75, 3.05) is 52.5 Å². The van der Waals surface area contributed by atoms with E-state index in [1.54, 1.807) is 0 Å². The Balaban J connectivity index is 1.55. The average molecular weight is 295 g/mol. The molecular formula is C16H29N3O2. The van der Waals surface area contributed by atoms with E-state index in [2.05, 4.69) is 9.80 Å². The maximum Gasteiger partial charge on any atom is 0.230 e. The molecule has 5 nitrogen and oxygen atoms in total. The van der Waals surface area contributed by atoms with Crippen LogP contribution in [0.5, 0.6) is 0 Å². The van der Waals surface area contributed by atoms with Gasteiger partial charge in [0.2, 0.25) is 5.91 Å². The quantitative estimate of drug-likeness (QED) is 0.829. The summed E-state index contributed by atoms with van der Waals surface area (Å²) in [5.74, 6) is 0.943. The highest BCUT2D eigenvalue weighted by Gasteiger charge is 2.43. The molecule has 3 aliphatic rings. The topological polar surface area (TPSA) is 58.8 Å². The third-order valence-electron chi connectivity index (χ3n) is 5.58. The Hall–Kier alpha value is -0.650. The fourth-order valence-electron chi connectivity index (χ4n) is 4.10. The number of nitrogens with zero attached hydrogens (tertiary/aromatic N) is 2. The Morgan fingerprint density at radius 2 is 1.90 bits per heavy atom. The Morgan fingerprint density at radius 3 is 2.57 bits per heavy atom. The van der Waals surface area contributed by atoms with Gasteiger partial charge in [0.05, 0.1) is 5.41 Å². The van der Waals surface area contributed by atoms with Crippen LogP contribution in [0.15, 0.2) is 0 Å². The fraction of sp³-hybridized carbons (Fsp3) is 0.938. The van der Waals surface area contributed by atoms with Gasteiger partial charge >= 0.3 is 0 Å². The van der Waals surface area contributed by atoms with Crippen LogP contribution in [-0.4, -0.2) is 68.2 Å². The second kappa shape index (κ2) is 6.63. The summed E-state index contributed by atoms with van der Waals surface area (Å²) in [6, 6.07) is 0. The molecular weight excluding hydrogens is 266 g/mol. The van der Waals surface area contributed by atoms with Gasteiger partial charge in [0.1, 0.15) is 0 Å². The van der Waals surface area contributed by atoms with E-state index in [0.717, 1.165) is 32.4 Å². The van der Waals surface area contributed by atoms with Crippen LogP contribution in [0, 0.1) is 11.3 Å². The highest BCUT2D eigenvalue weighted by molar-refractivity contribution is 5.83. The van der Waals surface area contributed by atoms with Crippen molar-refractivity contribution >= 4 is 5.91 Å². The summed E-state index contributed by atoms with van der Waals surface area (Å²) < 4.78 is 5.42. The molecule has 0 spiro atoms. The summed E-state index contributed by atoms with van der Waals surface area (Å²) in [7, 11) is 0. The van der Waals surface area contributed by atoms with Gasteiger partial charge in [0, 0.05) is 39.4 Å². The first-order valence-electron chi connectivity index (χ1n) is 8.53. The molecule has 0 saturated carbocycles. The van der Waals surface area contributed by atoms with Gasteiger partial charge in [0.15, 0.2) is 0 Å². The molecule has 2 N–H and O–H groups in total. The Morgan fingerprint density at radius 1 is 1.19 bits per heavy atom. The molecule has 0 aliphatic carbocycles. The zero-order valence-corrected chi connectivity index (χ0v) is 13.1. The number of carbonyl (C=O) groups is 1. The van der Waals surface area contributed by atoms with E-state index in [9.17, 15) is 4.79 Å². The van der Waals surface area contributed by atoms with E-state index in [0.29, 0.717) is 25.7 Å². The highest BCUT2D eigenvalue weighted by atomic mass is 16.5. The summed E-state index contributed by atoms with van der Waals surface area (Å²) in [6.45, 7) is 7.31. The molecule has 3 aliphatic heterocycles. The van der Waals surface area contributed by atoms with E-state index in [1.165, 1.54) is 32.5 Å². The molecule has 0 bridgehead atoms. The van der Waals surface area contributed by atoms with Crippen molar-refractivity contribution < 1.29 is 9.53 Å². The Kier molecular flexibility index (Phi) is 4.82. The third-order valence-corrected chi connectivity index (χ3v) is 5.58. The first-order chi connectivity index (χ1) is 10.2. The number of carbonyl (C=O) groups excluding carboxylic acids is 1. The minimum absolute atomic E-state index is 0.289. The molecule has 3 fully saturated rings. The van der Waals surface area contributed by atoms with Crippen molar-refractivity contribution in [3.05, 3.63) is 0 Å². The molecule has 1 amide bonds. The van der Waals surface area contributed by atoms with Gasteiger partial charge < -0.3 is 20.3 Å². The van der Waals surface area contributed by atoms with Gasteiger partial charge in [-0.2, -0.15) is 0 Å². The minimum Gasteiger partial charge on any atom is -0.381 e. The van der Waals surface area contributed by atoms with Gasteiger partial charge in [-0.25, -0.2) is 0 Å². The van der Waals surface area contributed by atoms with Crippen LogP contribution in [0.1, 0.15) is 32.1 Å². The lowest BCUT2D eigenvalue weighted by Crippen LogP contribution is -2.50. The molecule has 0 aromatic carbocycles. The molecule has 0 radical (unpaired) electrons. The Labute approximate surface area is 127 Å². The predicted molar refractivity (Wildman–Crippen MR) is 81.9 cm³/mol. The number of rotatable bonds is 4. The number of ether oxygens (including phenoxy) is 1. The zero-order valence-electron chi connectivity index (χ0n) is 13.1. The largest absolute Gasteiger partial charge is 0.381 e. The van der Waals surface area contributed by atoms with Crippen molar-refractivity contribution in [2.45, 2.75) is 32.1 Å². The third kappa shape index (κ3) is 3.25. The summed E-state index contributed by atoms with van der Waals surface area (Å²) in [5.41, 5.74) is 5.62. The molecule has 3 rings (SSSR count). The molecule has 0 aromatic heterocycles. The van der Waals surface area contributed by atoms with Gasteiger partial charge in [-0.05, 0) is 51.1 Å². The van der Waals surface area contributed by atoms with Gasteiger partial charge in [-0.1, -0.05) is 0 Å². The van der Waals surface area contributed by atoms with Gasteiger partial charge in [-0.15, -0.1) is 0 Å². The lowest BCUT2D eigenvalue weighted by atomic mass is 9.79. The second-order valence-electron chi connectivity index (χ2n) is 7.01. The molecule has 0 aromatic rings. The van der Waals surface area contributed by atoms with Crippen LogP contribution in [0.3, 0.4) is 0 Å². The Bertz CT molecular complexity index is 363. The first-order valence-corrected chi connectivity index (χ1v) is 8.53. The fourth-order valence-corrected chi connectivity index (χ4v) is 4.10. The molecule has 1 unspecified atom stereocenters. The van der Waals surface area contributed by atoms with E-state index in [1.807, 2.05) is 0 Å². The number of amides is 1. The van der Waals surface area contributed by atoms with Gasteiger partial charge in [0.25, 0.3) is 0 Å². The maximum atomic E-state index is 12.9. The number of nitrogens with two attached hydrogens (primary N) is 1. The molecule has 1 atom stereocenters. The monoisotopic (exact) mass is 295 g/mol. The second-order valence-corrected chi connectivity index (χ2v) is 7.01. The van der Waals surface area contributed by atoms with Crippen LogP contribution in [0.25, 0.3) is 0 Å². The molecule has 120 valence electrons. The maximum absolute atomic E-state index is 12.9. The number of likely N-dealkylation sites (tertiary alicyclic amines) is 2. The lowest BCUT2D eigenvalue weighted by molar-refractivity contribution is -0.146. The summed E-state index contributed by atoms with van der Waals surface area (Å²) >= 11 is 0. The average Bonchev–Trinajstić information content (AvgIpc) is 3.19. The first kappa shape index (κ1) is 15.3. The van der Waals surface area contributed by atoms with Crippen LogP contribution in [0.4, 0.5) is 0 Å². The van der Waals surface area contributed by atoms with Crippen molar-refractivity contribution in [1.29, 1.82) is 0 Å². The molecule has 21 heavy (non-hydrogen) atoms. The van der Waals surface area contributed by atoms with E-state index < -0.39 is 0 Å². The summed E-state index contributed by atoms with van der Waals surface area (Å²) in [6.07, 6.45) is 5.40. The lowest BCUT2D eigenvalue weighted by Gasteiger charge is -2.37. The summed E-state index contributed by atoms with van der Waals surface area (Å²) in [5, 5.41) is 0.